The van der Waals surface area contributed by atoms with Crippen molar-refractivity contribution in [2.45, 2.75) is 22.9 Å². The number of β-lactam (4-membered cyclic amide) rings is 1. The van der Waals surface area contributed by atoms with Crippen molar-refractivity contribution in [1.29, 1.82) is 0 Å². The summed E-state index contributed by atoms with van der Waals surface area (Å²) in [7, 11) is 1.27. The highest BCUT2D eigenvalue weighted by molar-refractivity contribution is 8.01. The number of hydrogen-bond donors (Lipinski definition) is 3. The lowest BCUT2D eigenvalue weighted by atomic mass is 10.0. The zero-order chi connectivity index (χ0) is 25.8. The molecule has 4 N–H and O–H groups in total. The maximum atomic E-state index is 12.9. The highest BCUT2D eigenvalue weighted by atomic mass is 32.2. The van der Waals surface area contributed by atoms with Gasteiger partial charge in [-0.05, 0) is 5.57 Å². The number of thioether (sulfide) groups is 2. The smallest absolute Gasteiger partial charge is 0.352 e. The standard InChI is InChI=1S/C21H21FN6O5S3/c1-33-26-14(13-10-36-21(23)24-13)17(29)25-15-18(30)28-16(20(31)32)11(9-35-19(15)28)8-34-12-2-5-27(6-3-12)7-4-22/h2-3,5-6,10,15,19H,4,7-9H2,1H3,(H3-,23,24,25,29,31,32)/p+1/t15-,19-/m1/s1. The molecular formula is C21H22FN6O5S3+. The topological polar surface area (TPSA) is 151 Å². The van der Waals surface area contributed by atoms with Crippen LogP contribution in [-0.4, -0.2) is 75.2 Å². The summed E-state index contributed by atoms with van der Waals surface area (Å²) in [6.45, 7) is -0.196. The highest BCUT2D eigenvalue weighted by Crippen LogP contribution is 2.41. The van der Waals surface area contributed by atoms with E-state index in [1.165, 1.54) is 35.5 Å². The molecule has 0 spiro atoms. The number of nitrogens with zero attached hydrogens (tertiary/aromatic N) is 4. The van der Waals surface area contributed by atoms with Crippen molar-refractivity contribution in [3.05, 3.63) is 46.9 Å². The fourth-order valence-corrected chi connectivity index (χ4v) is 6.57. The van der Waals surface area contributed by atoms with Crippen molar-refractivity contribution in [2.24, 2.45) is 5.16 Å². The molecule has 1 fully saturated rings. The van der Waals surface area contributed by atoms with Gasteiger partial charge in [-0.2, -0.15) is 0 Å². The number of amides is 2. The predicted octanol–water partition coefficient (Wildman–Crippen LogP) is 0.864. The average Bonchev–Trinajstić information content (AvgIpc) is 3.30. The number of nitrogens with one attached hydrogen (secondary N) is 1. The van der Waals surface area contributed by atoms with Gasteiger partial charge in [0.15, 0.2) is 29.8 Å². The number of pyridine rings is 1. The number of nitrogens with two attached hydrogens (primary N) is 1. The van der Waals surface area contributed by atoms with Crippen LogP contribution in [0.25, 0.3) is 0 Å². The Hall–Kier alpha value is -3.17. The number of carboxylic acids is 1. The van der Waals surface area contributed by atoms with Gasteiger partial charge in [0, 0.05) is 33.9 Å². The second kappa shape index (κ2) is 11.3. The molecule has 2 aliphatic heterocycles. The highest BCUT2D eigenvalue weighted by Gasteiger charge is 2.54. The lowest BCUT2D eigenvalue weighted by Crippen LogP contribution is -2.71. The minimum absolute atomic E-state index is 0.0665. The van der Waals surface area contributed by atoms with E-state index >= 15 is 0 Å². The predicted molar refractivity (Wildman–Crippen MR) is 133 cm³/mol. The zero-order valence-corrected chi connectivity index (χ0v) is 21.4. The number of thiazole rings is 1. The van der Waals surface area contributed by atoms with E-state index in [0.29, 0.717) is 17.1 Å². The van der Waals surface area contributed by atoms with E-state index in [1.54, 1.807) is 22.3 Å². The van der Waals surface area contributed by atoms with Crippen LogP contribution in [0.2, 0.25) is 0 Å². The fraction of sp³-hybridized carbons (Fsp3) is 0.333. The minimum Gasteiger partial charge on any atom is -0.477 e. The number of aromatic nitrogens is 2. The van der Waals surface area contributed by atoms with Gasteiger partial charge in [-0.25, -0.2) is 18.7 Å². The third kappa shape index (κ3) is 5.32. The molecule has 2 amide bonds. The van der Waals surface area contributed by atoms with E-state index in [1.807, 2.05) is 12.1 Å². The molecule has 1 saturated heterocycles. The fourth-order valence-electron chi connectivity index (χ4n) is 3.65. The van der Waals surface area contributed by atoms with Crippen LogP contribution in [0.5, 0.6) is 0 Å². The number of halogens is 1. The summed E-state index contributed by atoms with van der Waals surface area (Å²) in [4.78, 5) is 48.7. The molecule has 190 valence electrons. The lowest BCUT2D eigenvalue weighted by molar-refractivity contribution is -0.697. The normalized spacial score (nSPS) is 19.6. The minimum atomic E-state index is -1.21. The Kier molecular flexibility index (Phi) is 8.11. The van der Waals surface area contributed by atoms with Gasteiger partial charge < -0.3 is 21.0 Å². The van der Waals surface area contributed by atoms with Gasteiger partial charge in [0.1, 0.15) is 36.6 Å². The van der Waals surface area contributed by atoms with Crippen LogP contribution in [0.1, 0.15) is 5.69 Å². The third-order valence-electron chi connectivity index (χ3n) is 5.31. The van der Waals surface area contributed by atoms with E-state index in [0.717, 1.165) is 16.2 Å². The van der Waals surface area contributed by atoms with Gasteiger partial charge in [0.05, 0.1) is 0 Å². The van der Waals surface area contributed by atoms with E-state index in [2.05, 4.69) is 15.5 Å². The van der Waals surface area contributed by atoms with Gasteiger partial charge in [0.25, 0.3) is 11.8 Å². The SMILES string of the molecule is CON=C(C(=O)N[C@@H]1C(=O)N2C(C(=O)O)=C(CSc3cc[n+](CCF)cc3)CS[C@H]12)c1csc(N)n1. The summed E-state index contributed by atoms with van der Waals surface area (Å²) >= 11 is 3.92. The first-order valence-electron chi connectivity index (χ1n) is 10.5. The van der Waals surface area contributed by atoms with Crippen molar-refractivity contribution in [1.82, 2.24) is 15.2 Å². The van der Waals surface area contributed by atoms with E-state index in [9.17, 15) is 23.9 Å². The van der Waals surface area contributed by atoms with Crippen LogP contribution in [0, 0.1) is 0 Å². The molecule has 15 heteroatoms. The van der Waals surface area contributed by atoms with Crippen LogP contribution in [0.3, 0.4) is 0 Å². The lowest BCUT2D eigenvalue weighted by Gasteiger charge is -2.49. The van der Waals surface area contributed by atoms with Crippen molar-refractivity contribution in [3.8, 4) is 0 Å². The van der Waals surface area contributed by atoms with Gasteiger partial charge >= 0.3 is 5.97 Å². The zero-order valence-electron chi connectivity index (χ0n) is 18.9. The summed E-state index contributed by atoms with van der Waals surface area (Å²) in [5.41, 5.74) is 6.24. The Labute approximate surface area is 217 Å². The molecule has 0 aromatic carbocycles. The molecule has 2 aromatic heterocycles. The Balaban J connectivity index is 1.45. The molecule has 2 atom stereocenters. The molecule has 11 nitrogen and oxygen atoms in total. The molecule has 0 saturated carbocycles. The molecule has 36 heavy (non-hydrogen) atoms. The molecule has 0 aliphatic carbocycles. The molecule has 0 bridgehead atoms. The molecule has 2 aromatic rings. The van der Waals surface area contributed by atoms with Crippen LogP contribution >= 0.6 is 34.9 Å². The molecule has 0 unspecified atom stereocenters. The number of carbonyl (C=O) groups excluding carboxylic acids is 2. The summed E-state index contributed by atoms with van der Waals surface area (Å²) in [5, 5.41) is 17.4. The number of aryl methyl sites for hydroxylation is 1. The number of hydrogen-bond acceptors (Lipinski definition) is 10. The maximum absolute atomic E-state index is 12.9. The van der Waals surface area contributed by atoms with Crippen molar-refractivity contribution >= 4 is 63.5 Å². The van der Waals surface area contributed by atoms with E-state index in [4.69, 9.17) is 10.6 Å². The summed E-state index contributed by atoms with van der Waals surface area (Å²) < 4.78 is 14.2. The number of aliphatic carboxylic acids is 1. The van der Waals surface area contributed by atoms with Gasteiger partial charge in [-0.15, -0.1) is 34.9 Å². The number of fused-ring (bicyclic) bond motifs is 1. The molecule has 4 rings (SSSR count). The van der Waals surface area contributed by atoms with Gasteiger partial charge in [-0.3, -0.25) is 14.5 Å². The molecular weight excluding hydrogens is 531 g/mol. The monoisotopic (exact) mass is 553 g/mol. The maximum Gasteiger partial charge on any atom is 0.352 e. The van der Waals surface area contributed by atoms with E-state index in [-0.39, 0.29) is 28.8 Å². The number of anilines is 1. The van der Waals surface area contributed by atoms with Gasteiger partial charge in [-0.1, -0.05) is 5.16 Å². The van der Waals surface area contributed by atoms with Crippen molar-refractivity contribution < 1.29 is 33.3 Å². The van der Waals surface area contributed by atoms with Crippen LogP contribution < -0.4 is 15.6 Å². The van der Waals surface area contributed by atoms with Gasteiger partial charge in [0.2, 0.25) is 0 Å². The quantitative estimate of drug-likeness (QED) is 0.128. The summed E-state index contributed by atoms with van der Waals surface area (Å²) in [5.74, 6) is -1.67. The first-order chi connectivity index (χ1) is 17.3. The number of carboxylic acid groups (broad SMARTS) is 1. The molecule has 0 radical (unpaired) electrons. The number of oxime groups is 1. The first-order valence-corrected chi connectivity index (χ1v) is 13.5. The molecule has 4 heterocycles. The third-order valence-corrected chi connectivity index (χ3v) is 8.43. The number of rotatable bonds is 10. The number of nitrogen functional groups attached to an aromatic ring is 1. The average molecular weight is 554 g/mol. The van der Waals surface area contributed by atoms with Crippen LogP contribution in [0.4, 0.5) is 9.52 Å². The Bertz CT molecular complexity index is 1230. The second-order valence-corrected chi connectivity index (χ2v) is 10.6. The first kappa shape index (κ1) is 25.9. The number of carbonyl (C=O) groups is 3. The molecule has 2 aliphatic rings. The van der Waals surface area contributed by atoms with Crippen LogP contribution in [-0.2, 0) is 25.8 Å². The Morgan fingerprint density at radius 3 is 2.81 bits per heavy atom. The Morgan fingerprint density at radius 1 is 1.44 bits per heavy atom. The second-order valence-electron chi connectivity index (χ2n) is 7.56. The summed E-state index contributed by atoms with van der Waals surface area (Å²) in [6.07, 6.45) is 3.51. The van der Waals surface area contributed by atoms with Crippen molar-refractivity contribution in [2.75, 3.05) is 31.0 Å². The largest absolute Gasteiger partial charge is 0.477 e. The van der Waals surface area contributed by atoms with E-state index < -0.39 is 35.9 Å². The number of alkyl halides is 1. The summed E-state index contributed by atoms with van der Waals surface area (Å²) in [6, 6.07) is 2.73. The Morgan fingerprint density at radius 2 is 2.19 bits per heavy atom. The van der Waals surface area contributed by atoms with Crippen LogP contribution in [0.15, 0.2) is 51.2 Å². The van der Waals surface area contributed by atoms with Crippen molar-refractivity contribution in [3.63, 3.8) is 0 Å².